The zero-order valence-corrected chi connectivity index (χ0v) is 18.5. The van der Waals surface area contributed by atoms with Crippen molar-refractivity contribution in [1.82, 2.24) is 19.5 Å². The predicted molar refractivity (Wildman–Crippen MR) is 107 cm³/mol. The van der Waals surface area contributed by atoms with Crippen molar-refractivity contribution in [2.75, 3.05) is 18.0 Å². The SMILES string of the molecule is CC(C)(C)OC(=O)N1C2CCCC1CN(c1nc3c(C(F)(F)F)ccc(Br)n3n1)C2. The minimum absolute atomic E-state index is 0.0931. The van der Waals surface area contributed by atoms with E-state index in [0.29, 0.717) is 17.7 Å². The number of halogens is 4. The average Bonchev–Trinajstić information content (AvgIpc) is 3.04. The maximum atomic E-state index is 13.4. The first-order chi connectivity index (χ1) is 13.9. The molecule has 2 aromatic rings. The molecule has 4 rings (SSSR count). The van der Waals surface area contributed by atoms with Crippen LogP contribution in [0.25, 0.3) is 5.65 Å². The Labute approximate surface area is 180 Å². The van der Waals surface area contributed by atoms with Gasteiger partial charge in [-0.05, 0) is 68.1 Å². The summed E-state index contributed by atoms with van der Waals surface area (Å²) in [5, 5.41) is 4.32. The van der Waals surface area contributed by atoms with Crippen molar-refractivity contribution in [1.29, 1.82) is 0 Å². The minimum Gasteiger partial charge on any atom is -0.444 e. The Morgan fingerprint density at radius 2 is 1.80 bits per heavy atom. The summed E-state index contributed by atoms with van der Waals surface area (Å²) < 4.78 is 47.3. The summed E-state index contributed by atoms with van der Waals surface area (Å²) in [7, 11) is 0. The molecule has 2 bridgehead atoms. The lowest BCUT2D eigenvalue weighted by Crippen LogP contribution is -2.63. The van der Waals surface area contributed by atoms with Gasteiger partial charge in [0.25, 0.3) is 0 Å². The van der Waals surface area contributed by atoms with Gasteiger partial charge < -0.3 is 9.64 Å². The summed E-state index contributed by atoms with van der Waals surface area (Å²) >= 11 is 3.25. The molecule has 0 saturated carbocycles. The van der Waals surface area contributed by atoms with Crippen LogP contribution >= 0.6 is 15.9 Å². The number of fused-ring (bicyclic) bond motifs is 3. The van der Waals surface area contributed by atoms with Crippen molar-refractivity contribution in [3.8, 4) is 0 Å². The first-order valence-corrected chi connectivity index (χ1v) is 10.6. The number of ether oxygens (including phenoxy) is 1. The Balaban J connectivity index is 1.63. The van der Waals surface area contributed by atoms with Gasteiger partial charge in [0.1, 0.15) is 15.8 Å². The standard InChI is InChI=1S/C19H23BrF3N5O2/c1-18(2,3)30-17(29)27-11-5-4-6-12(27)10-26(9-11)16-24-15-13(19(21,22)23)7-8-14(20)28(15)25-16/h7-8,11-12H,4-6,9-10H2,1-3H3. The Morgan fingerprint density at radius 3 is 2.37 bits per heavy atom. The van der Waals surface area contributed by atoms with E-state index in [4.69, 9.17) is 4.74 Å². The molecule has 1 amide bonds. The number of amides is 1. The Kier molecular flexibility index (Phi) is 5.14. The lowest BCUT2D eigenvalue weighted by molar-refractivity contribution is -0.136. The third kappa shape index (κ3) is 3.95. The van der Waals surface area contributed by atoms with E-state index in [1.54, 1.807) is 4.90 Å². The molecule has 11 heteroatoms. The molecule has 7 nitrogen and oxygen atoms in total. The lowest BCUT2D eigenvalue weighted by atomic mass is 9.92. The molecule has 4 heterocycles. The Hall–Kier alpha value is -2.04. The van der Waals surface area contributed by atoms with Crippen LogP contribution in [0.15, 0.2) is 16.7 Å². The molecular weight excluding hydrogens is 467 g/mol. The molecule has 30 heavy (non-hydrogen) atoms. The van der Waals surface area contributed by atoms with Crippen LogP contribution in [0, 0.1) is 0 Å². The van der Waals surface area contributed by atoms with Gasteiger partial charge in [-0.15, -0.1) is 5.10 Å². The second kappa shape index (κ2) is 7.28. The molecule has 2 aliphatic rings. The zero-order chi connectivity index (χ0) is 21.8. The average molecular weight is 490 g/mol. The molecule has 0 aliphatic carbocycles. The van der Waals surface area contributed by atoms with E-state index in [2.05, 4.69) is 26.0 Å². The highest BCUT2D eigenvalue weighted by molar-refractivity contribution is 9.10. The highest BCUT2D eigenvalue weighted by Crippen LogP contribution is 2.35. The number of nitrogens with zero attached hydrogens (tertiary/aromatic N) is 5. The second-order valence-corrected chi connectivity index (χ2v) is 9.56. The lowest BCUT2D eigenvalue weighted by Gasteiger charge is -2.49. The van der Waals surface area contributed by atoms with Crippen molar-refractivity contribution in [3.63, 3.8) is 0 Å². The molecule has 0 spiro atoms. The van der Waals surface area contributed by atoms with Gasteiger partial charge in [0, 0.05) is 13.1 Å². The number of pyridine rings is 1. The quantitative estimate of drug-likeness (QED) is 0.552. The first-order valence-electron chi connectivity index (χ1n) is 9.83. The fraction of sp³-hybridized carbons (Fsp3) is 0.632. The number of piperidine rings is 1. The van der Waals surface area contributed by atoms with Gasteiger partial charge in [-0.1, -0.05) is 0 Å². The van der Waals surface area contributed by atoms with Gasteiger partial charge in [0.15, 0.2) is 5.65 Å². The van der Waals surface area contributed by atoms with E-state index in [-0.39, 0.29) is 29.8 Å². The van der Waals surface area contributed by atoms with Gasteiger partial charge in [0.05, 0.1) is 12.1 Å². The highest BCUT2D eigenvalue weighted by Gasteiger charge is 2.43. The summed E-state index contributed by atoms with van der Waals surface area (Å²) in [4.78, 5) is 20.6. The van der Waals surface area contributed by atoms with Crippen molar-refractivity contribution in [2.24, 2.45) is 0 Å². The van der Waals surface area contributed by atoms with E-state index in [0.717, 1.165) is 29.8 Å². The summed E-state index contributed by atoms with van der Waals surface area (Å²) in [5.74, 6) is 0.230. The molecule has 2 fully saturated rings. The van der Waals surface area contributed by atoms with Crippen molar-refractivity contribution in [3.05, 3.63) is 22.3 Å². The maximum Gasteiger partial charge on any atom is 0.420 e. The fourth-order valence-corrected chi connectivity index (χ4v) is 4.54. The molecule has 0 aromatic carbocycles. The van der Waals surface area contributed by atoms with Crippen LogP contribution in [0.1, 0.15) is 45.6 Å². The first kappa shape index (κ1) is 21.2. The number of hydrogen-bond acceptors (Lipinski definition) is 5. The molecule has 0 N–H and O–H groups in total. The van der Waals surface area contributed by atoms with Crippen LogP contribution in [0.4, 0.5) is 23.9 Å². The molecule has 164 valence electrons. The minimum atomic E-state index is -4.53. The van der Waals surface area contributed by atoms with E-state index >= 15 is 0 Å². The van der Waals surface area contributed by atoms with Crippen molar-refractivity contribution >= 4 is 33.6 Å². The number of carbonyl (C=O) groups is 1. The molecule has 2 unspecified atom stereocenters. The van der Waals surface area contributed by atoms with Gasteiger partial charge in [-0.25, -0.2) is 9.31 Å². The van der Waals surface area contributed by atoms with Crippen molar-refractivity contribution < 1.29 is 22.7 Å². The number of hydrogen-bond donors (Lipinski definition) is 0. The largest absolute Gasteiger partial charge is 0.444 e. The number of rotatable bonds is 1. The van der Waals surface area contributed by atoms with Crippen LogP contribution in [-0.4, -0.2) is 56.4 Å². The van der Waals surface area contributed by atoms with Crippen LogP contribution in [0.5, 0.6) is 0 Å². The van der Waals surface area contributed by atoms with Crippen LogP contribution in [0.2, 0.25) is 0 Å². The Bertz CT molecular complexity index is 957. The number of piperazine rings is 1. The number of carbonyl (C=O) groups excluding carboxylic acids is 1. The van der Waals surface area contributed by atoms with E-state index in [1.165, 1.54) is 6.07 Å². The van der Waals surface area contributed by atoms with E-state index in [9.17, 15) is 18.0 Å². The molecule has 2 aliphatic heterocycles. The van der Waals surface area contributed by atoms with Crippen LogP contribution < -0.4 is 4.90 Å². The van der Waals surface area contributed by atoms with Crippen LogP contribution in [-0.2, 0) is 10.9 Å². The third-order valence-electron chi connectivity index (χ3n) is 5.34. The molecule has 0 radical (unpaired) electrons. The summed E-state index contributed by atoms with van der Waals surface area (Å²) in [6, 6.07) is 2.12. The van der Waals surface area contributed by atoms with Crippen LogP contribution in [0.3, 0.4) is 0 Å². The molecule has 2 saturated heterocycles. The number of alkyl halides is 3. The third-order valence-corrected chi connectivity index (χ3v) is 5.94. The van der Waals surface area contributed by atoms with Gasteiger partial charge >= 0.3 is 12.3 Å². The molecule has 2 aromatic heterocycles. The summed E-state index contributed by atoms with van der Waals surface area (Å²) in [5.41, 5.74) is -1.67. The van der Waals surface area contributed by atoms with E-state index in [1.807, 2.05) is 25.7 Å². The molecule has 2 atom stereocenters. The zero-order valence-electron chi connectivity index (χ0n) is 16.9. The van der Waals surface area contributed by atoms with Gasteiger partial charge in [-0.2, -0.15) is 18.2 Å². The second-order valence-electron chi connectivity index (χ2n) is 8.75. The summed E-state index contributed by atoms with van der Waals surface area (Å²) in [6.07, 6.45) is -2.28. The maximum absolute atomic E-state index is 13.4. The monoisotopic (exact) mass is 489 g/mol. The van der Waals surface area contributed by atoms with E-state index < -0.39 is 17.3 Å². The number of aromatic nitrogens is 3. The Morgan fingerprint density at radius 1 is 1.17 bits per heavy atom. The predicted octanol–water partition coefficient (Wildman–Crippen LogP) is 4.49. The summed E-state index contributed by atoms with van der Waals surface area (Å²) in [6.45, 7) is 6.38. The highest BCUT2D eigenvalue weighted by atomic mass is 79.9. The van der Waals surface area contributed by atoms with Gasteiger partial charge in [0.2, 0.25) is 5.95 Å². The van der Waals surface area contributed by atoms with Gasteiger partial charge in [-0.3, -0.25) is 4.90 Å². The normalized spacial score (nSPS) is 22.5. The smallest absolute Gasteiger partial charge is 0.420 e. The number of anilines is 1. The topological polar surface area (TPSA) is 63.0 Å². The molecular formula is C19H23BrF3N5O2. The van der Waals surface area contributed by atoms with Crippen molar-refractivity contribution in [2.45, 2.75) is 63.9 Å². The fourth-order valence-electron chi connectivity index (χ4n) is 4.16.